The summed E-state index contributed by atoms with van der Waals surface area (Å²) >= 11 is 0. The third-order valence-corrected chi connectivity index (χ3v) is 6.42. The summed E-state index contributed by atoms with van der Waals surface area (Å²) in [7, 11) is -4.20. The van der Waals surface area contributed by atoms with Crippen molar-refractivity contribution in [2.75, 3.05) is 18.2 Å². The van der Waals surface area contributed by atoms with Crippen LogP contribution in [-0.2, 0) is 47.6 Å². The van der Waals surface area contributed by atoms with Crippen molar-refractivity contribution < 1.29 is 50.7 Å². The number of rotatable bonds is 10. The van der Waals surface area contributed by atoms with Crippen LogP contribution >= 0.6 is 0 Å². The number of fused-ring (bicyclic) bond motifs is 1. The number of nitrogens with one attached hydrogen (secondary N) is 1. The van der Waals surface area contributed by atoms with Crippen molar-refractivity contribution in [2.45, 2.75) is 51.4 Å². The molecule has 16 nitrogen and oxygen atoms in total. The predicted molar refractivity (Wildman–Crippen MR) is 141 cm³/mol. The standard InChI is InChI=1S/C25H27N5O11S/c1-13(31)37-10-17(38-14(2)32)19-20(41-42(4,35)36)21(39-15(3)33)25(40-19)30-12-28-18-22(26-11-27-23(18)30)29-24(34)16-8-6-5-7-9-16/h5-9,11-12,17,19-21,25H,10H2,1-4H3,(H,26,27,29,34)/t17-,19-,20+,21-,25-/m1/s1. The summed E-state index contributed by atoms with van der Waals surface area (Å²) < 4.78 is 53.0. The second kappa shape index (κ2) is 12.6. The number of amides is 1. The van der Waals surface area contributed by atoms with Crippen LogP contribution < -0.4 is 5.32 Å². The smallest absolute Gasteiger partial charge is 0.303 e. The van der Waals surface area contributed by atoms with E-state index in [-0.39, 0.29) is 17.0 Å². The molecule has 0 radical (unpaired) electrons. The van der Waals surface area contributed by atoms with Gasteiger partial charge in [0.25, 0.3) is 16.0 Å². The maximum absolute atomic E-state index is 12.7. The number of imidazole rings is 1. The highest BCUT2D eigenvalue weighted by atomic mass is 32.2. The van der Waals surface area contributed by atoms with Gasteiger partial charge in [-0.05, 0) is 12.1 Å². The van der Waals surface area contributed by atoms with E-state index in [9.17, 15) is 27.6 Å². The first-order chi connectivity index (χ1) is 19.8. The normalized spacial score (nSPS) is 21.0. The number of ether oxygens (including phenoxy) is 4. The largest absolute Gasteiger partial charge is 0.462 e. The first kappa shape index (κ1) is 30.5. The van der Waals surface area contributed by atoms with E-state index in [1.807, 2.05) is 0 Å². The van der Waals surface area contributed by atoms with E-state index in [4.69, 9.17) is 23.1 Å². The van der Waals surface area contributed by atoms with E-state index >= 15 is 0 Å². The molecule has 1 aromatic carbocycles. The van der Waals surface area contributed by atoms with Crippen molar-refractivity contribution in [1.82, 2.24) is 19.5 Å². The number of hydrogen-bond donors (Lipinski definition) is 1. The fraction of sp³-hybridized carbons (Fsp3) is 0.400. The molecule has 1 N–H and O–H groups in total. The highest BCUT2D eigenvalue weighted by Crippen LogP contribution is 2.38. The Morgan fingerprint density at radius 3 is 2.33 bits per heavy atom. The molecule has 0 saturated carbocycles. The Kier molecular flexibility index (Phi) is 9.13. The zero-order chi connectivity index (χ0) is 30.6. The third kappa shape index (κ3) is 7.23. The average molecular weight is 606 g/mol. The molecule has 5 atom stereocenters. The van der Waals surface area contributed by atoms with Crippen molar-refractivity contribution in [3.8, 4) is 0 Å². The number of carbonyl (C=O) groups excluding carboxylic acids is 4. The maximum Gasteiger partial charge on any atom is 0.303 e. The summed E-state index contributed by atoms with van der Waals surface area (Å²) in [4.78, 5) is 60.9. The van der Waals surface area contributed by atoms with Gasteiger partial charge >= 0.3 is 17.9 Å². The third-order valence-electron chi connectivity index (χ3n) is 5.85. The molecule has 1 saturated heterocycles. The molecule has 224 valence electrons. The van der Waals surface area contributed by atoms with Crippen LogP contribution in [0.1, 0.15) is 37.4 Å². The number of benzene rings is 1. The van der Waals surface area contributed by atoms with Crippen molar-refractivity contribution in [3.05, 3.63) is 48.5 Å². The molecule has 0 unspecified atom stereocenters. The van der Waals surface area contributed by atoms with Crippen LogP contribution in [-0.4, -0.2) is 89.0 Å². The minimum Gasteiger partial charge on any atom is -0.462 e. The Bertz CT molecular complexity index is 1590. The fourth-order valence-corrected chi connectivity index (χ4v) is 4.95. The monoisotopic (exact) mass is 605 g/mol. The van der Waals surface area contributed by atoms with Crippen LogP contribution in [0.5, 0.6) is 0 Å². The summed E-state index contributed by atoms with van der Waals surface area (Å²) in [5.74, 6) is -2.71. The van der Waals surface area contributed by atoms with Crippen LogP contribution in [0.25, 0.3) is 11.2 Å². The fourth-order valence-electron chi connectivity index (χ4n) is 4.32. The highest BCUT2D eigenvalue weighted by Gasteiger charge is 2.54. The van der Waals surface area contributed by atoms with Gasteiger partial charge in [-0.3, -0.25) is 27.9 Å². The van der Waals surface area contributed by atoms with Gasteiger partial charge in [0, 0.05) is 26.3 Å². The SMILES string of the molecule is CC(=O)OC[C@@H](OC(C)=O)[C@H]1O[C@@H](n2cnc3c(NC(=O)c4ccccc4)ncnc32)[C@H](OC(C)=O)[C@H]1OS(C)(=O)=O. The lowest BCUT2D eigenvalue weighted by Crippen LogP contribution is -2.46. The second-order valence-electron chi connectivity index (χ2n) is 9.15. The number of hydrogen-bond acceptors (Lipinski definition) is 14. The van der Waals surface area contributed by atoms with E-state index in [2.05, 4.69) is 20.3 Å². The van der Waals surface area contributed by atoms with Gasteiger partial charge in [0.1, 0.15) is 25.1 Å². The van der Waals surface area contributed by atoms with Gasteiger partial charge in [-0.15, -0.1) is 0 Å². The first-order valence-corrected chi connectivity index (χ1v) is 14.2. The molecule has 1 amide bonds. The molecule has 1 fully saturated rings. The first-order valence-electron chi connectivity index (χ1n) is 12.4. The number of esters is 3. The highest BCUT2D eigenvalue weighted by molar-refractivity contribution is 7.86. The van der Waals surface area contributed by atoms with Gasteiger partial charge in [0.15, 0.2) is 35.4 Å². The average Bonchev–Trinajstić information content (AvgIpc) is 3.48. The minimum absolute atomic E-state index is 0.0581. The minimum atomic E-state index is -4.20. The number of anilines is 1. The van der Waals surface area contributed by atoms with Gasteiger partial charge in [-0.2, -0.15) is 8.42 Å². The molecule has 3 heterocycles. The van der Waals surface area contributed by atoms with E-state index in [0.29, 0.717) is 5.56 Å². The van der Waals surface area contributed by atoms with E-state index in [1.54, 1.807) is 30.3 Å². The Morgan fingerprint density at radius 2 is 1.71 bits per heavy atom. The Morgan fingerprint density at radius 1 is 1.00 bits per heavy atom. The molecule has 0 spiro atoms. The maximum atomic E-state index is 12.7. The van der Waals surface area contributed by atoms with Crippen molar-refractivity contribution >= 4 is 50.9 Å². The van der Waals surface area contributed by atoms with Crippen molar-refractivity contribution in [3.63, 3.8) is 0 Å². The molecular formula is C25H27N5O11S. The molecule has 2 aromatic heterocycles. The zero-order valence-corrected chi connectivity index (χ0v) is 23.6. The quantitative estimate of drug-likeness (QED) is 0.192. The molecule has 3 aromatic rings. The topological polar surface area (TPSA) is 204 Å². The summed E-state index contributed by atoms with van der Waals surface area (Å²) in [6.45, 7) is 2.79. The Balaban J connectivity index is 1.76. The van der Waals surface area contributed by atoms with Crippen molar-refractivity contribution in [1.29, 1.82) is 0 Å². The predicted octanol–water partition coefficient (Wildman–Crippen LogP) is 0.747. The molecule has 0 bridgehead atoms. The van der Waals surface area contributed by atoms with E-state index in [0.717, 1.165) is 33.4 Å². The van der Waals surface area contributed by atoms with Crippen LogP contribution in [0.4, 0.5) is 5.82 Å². The molecule has 0 aliphatic carbocycles. The van der Waals surface area contributed by atoms with Crippen LogP contribution in [0.3, 0.4) is 0 Å². The van der Waals surface area contributed by atoms with Crippen LogP contribution in [0.2, 0.25) is 0 Å². The Hall–Kier alpha value is -4.48. The molecule has 42 heavy (non-hydrogen) atoms. The summed E-state index contributed by atoms with van der Waals surface area (Å²) in [5.41, 5.74) is 0.608. The van der Waals surface area contributed by atoms with Gasteiger partial charge in [0.2, 0.25) is 0 Å². The summed E-state index contributed by atoms with van der Waals surface area (Å²) in [6, 6.07) is 8.37. The number of carbonyl (C=O) groups is 4. The van der Waals surface area contributed by atoms with Crippen LogP contribution in [0, 0.1) is 0 Å². The summed E-state index contributed by atoms with van der Waals surface area (Å²) in [5, 5.41) is 2.66. The van der Waals surface area contributed by atoms with Crippen molar-refractivity contribution in [2.24, 2.45) is 0 Å². The lowest BCUT2D eigenvalue weighted by molar-refractivity contribution is -0.170. The number of aromatic nitrogens is 4. The second-order valence-corrected chi connectivity index (χ2v) is 10.7. The summed E-state index contributed by atoms with van der Waals surface area (Å²) in [6.07, 6.45) is -3.96. The van der Waals surface area contributed by atoms with Gasteiger partial charge < -0.3 is 24.3 Å². The molecule has 1 aliphatic heterocycles. The van der Waals surface area contributed by atoms with Gasteiger partial charge in [-0.25, -0.2) is 15.0 Å². The number of nitrogens with zero attached hydrogens (tertiary/aromatic N) is 4. The molecule has 17 heteroatoms. The van der Waals surface area contributed by atoms with Crippen LogP contribution in [0.15, 0.2) is 43.0 Å². The van der Waals surface area contributed by atoms with E-state index < -0.39 is 71.2 Å². The van der Waals surface area contributed by atoms with E-state index in [1.165, 1.54) is 10.9 Å². The lowest BCUT2D eigenvalue weighted by atomic mass is 10.1. The molecule has 1 aliphatic rings. The lowest BCUT2D eigenvalue weighted by Gasteiger charge is -2.27. The van der Waals surface area contributed by atoms with Gasteiger partial charge in [-0.1, -0.05) is 18.2 Å². The Labute approximate surface area is 239 Å². The zero-order valence-electron chi connectivity index (χ0n) is 22.8. The van der Waals surface area contributed by atoms with Gasteiger partial charge in [0.05, 0.1) is 12.6 Å². The molecular weight excluding hydrogens is 578 g/mol. The molecule has 4 rings (SSSR count).